The average molecular weight is 506 g/mol. The molecule has 7 heteroatoms. The van der Waals surface area contributed by atoms with Crippen molar-refractivity contribution >= 4 is 5.91 Å². The fourth-order valence-electron chi connectivity index (χ4n) is 4.52. The zero-order chi connectivity index (χ0) is 25.9. The van der Waals surface area contributed by atoms with Gasteiger partial charge in [-0.05, 0) is 16.7 Å². The van der Waals surface area contributed by atoms with E-state index < -0.39 is 30.5 Å². The molecule has 1 heterocycles. The molecule has 0 spiro atoms. The van der Waals surface area contributed by atoms with Gasteiger partial charge in [-0.3, -0.25) is 4.79 Å². The Morgan fingerprint density at radius 3 is 1.73 bits per heavy atom. The van der Waals surface area contributed by atoms with Crippen LogP contribution in [0.5, 0.6) is 0 Å². The van der Waals surface area contributed by atoms with Crippen LogP contribution in [0.2, 0.25) is 0 Å². The van der Waals surface area contributed by atoms with Crippen LogP contribution in [0.3, 0.4) is 0 Å². The van der Waals surface area contributed by atoms with Crippen LogP contribution in [0.15, 0.2) is 91.0 Å². The third kappa shape index (κ3) is 7.95. The lowest BCUT2D eigenvalue weighted by atomic mass is 9.92. The van der Waals surface area contributed by atoms with Crippen LogP contribution in [0.25, 0.3) is 0 Å². The number of carbonyl (C=O) groups is 1. The monoisotopic (exact) mass is 505 g/mol. The minimum absolute atomic E-state index is 0.235. The number of hydrogen-bond acceptors (Lipinski definition) is 6. The van der Waals surface area contributed by atoms with E-state index in [1.807, 2.05) is 91.0 Å². The van der Waals surface area contributed by atoms with Crippen molar-refractivity contribution in [3.8, 4) is 0 Å². The van der Waals surface area contributed by atoms with Crippen LogP contribution < -0.4 is 5.32 Å². The van der Waals surface area contributed by atoms with E-state index in [1.54, 1.807) is 0 Å². The first-order valence-corrected chi connectivity index (χ1v) is 12.6. The maximum Gasteiger partial charge on any atom is 0.217 e. The van der Waals surface area contributed by atoms with Crippen molar-refractivity contribution in [1.29, 1.82) is 0 Å². The molecule has 0 aliphatic carbocycles. The Kier molecular flexibility index (Phi) is 10.2. The number of aliphatic hydroxyl groups is 1. The van der Waals surface area contributed by atoms with E-state index in [9.17, 15) is 9.90 Å². The second kappa shape index (κ2) is 14.0. The summed E-state index contributed by atoms with van der Waals surface area (Å²) in [5, 5.41) is 13.1. The van der Waals surface area contributed by atoms with Gasteiger partial charge in [0.1, 0.15) is 24.4 Å². The van der Waals surface area contributed by atoms with Crippen LogP contribution in [0.1, 0.15) is 23.6 Å². The molecule has 1 aliphatic heterocycles. The second-order valence-corrected chi connectivity index (χ2v) is 9.15. The number of aliphatic hydroxyl groups excluding tert-OH is 1. The smallest absolute Gasteiger partial charge is 0.217 e. The summed E-state index contributed by atoms with van der Waals surface area (Å²) < 4.78 is 25.2. The molecule has 1 saturated heterocycles. The first-order chi connectivity index (χ1) is 18.1. The highest BCUT2D eigenvalue weighted by Crippen LogP contribution is 2.28. The van der Waals surface area contributed by atoms with E-state index in [0.717, 1.165) is 16.7 Å². The fraction of sp³-hybridized carbons (Fsp3) is 0.367. The van der Waals surface area contributed by atoms with Crippen LogP contribution in [-0.2, 0) is 43.6 Å². The van der Waals surface area contributed by atoms with Crippen LogP contribution in [-0.4, -0.2) is 54.7 Å². The third-order valence-electron chi connectivity index (χ3n) is 6.31. The van der Waals surface area contributed by atoms with Gasteiger partial charge in [-0.2, -0.15) is 0 Å². The van der Waals surface area contributed by atoms with Gasteiger partial charge in [0.25, 0.3) is 0 Å². The van der Waals surface area contributed by atoms with Crippen LogP contribution in [0.4, 0.5) is 0 Å². The minimum Gasteiger partial charge on any atom is -0.394 e. The SMILES string of the molecule is CC(=O)NC1[C@H](CO)OC(COCc2ccccc2)[C@@H](OCc2ccccc2)[C@@H]1OCc1ccccc1. The number of hydrogen-bond donors (Lipinski definition) is 2. The first kappa shape index (κ1) is 27.0. The topological polar surface area (TPSA) is 86.3 Å². The van der Waals surface area contributed by atoms with E-state index in [-0.39, 0.29) is 19.1 Å². The van der Waals surface area contributed by atoms with Crippen LogP contribution in [0, 0.1) is 0 Å². The number of carbonyl (C=O) groups excluding carboxylic acids is 1. The average Bonchev–Trinajstić information content (AvgIpc) is 2.93. The lowest BCUT2D eigenvalue weighted by Gasteiger charge is -2.46. The zero-order valence-corrected chi connectivity index (χ0v) is 21.1. The van der Waals surface area contributed by atoms with Crippen molar-refractivity contribution in [2.75, 3.05) is 13.2 Å². The molecule has 0 bridgehead atoms. The maximum absolute atomic E-state index is 12.1. The maximum atomic E-state index is 12.1. The standard InChI is InChI=1S/C30H35NO6/c1-22(33)31-28-26(17-32)37-27(21-34-18-23-11-5-2-6-12-23)29(35-19-24-13-7-3-8-14-24)30(28)36-20-25-15-9-4-10-16-25/h2-16,26-30,32H,17-21H2,1H3,(H,31,33)/t26-,27?,28?,29+,30+/m0/s1. The Hall–Kier alpha value is -3.07. The molecular weight excluding hydrogens is 470 g/mol. The van der Waals surface area contributed by atoms with Crippen molar-refractivity contribution in [1.82, 2.24) is 5.32 Å². The molecular formula is C30H35NO6. The van der Waals surface area contributed by atoms with Crippen molar-refractivity contribution in [2.45, 2.75) is 57.2 Å². The molecule has 2 unspecified atom stereocenters. The molecule has 4 rings (SSSR count). The van der Waals surface area contributed by atoms with Crippen molar-refractivity contribution in [3.63, 3.8) is 0 Å². The fourth-order valence-corrected chi connectivity index (χ4v) is 4.52. The largest absolute Gasteiger partial charge is 0.394 e. The Labute approximate surface area is 218 Å². The molecule has 37 heavy (non-hydrogen) atoms. The quantitative estimate of drug-likeness (QED) is 0.391. The van der Waals surface area contributed by atoms with Crippen molar-refractivity contribution in [2.24, 2.45) is 0 Å². The highest BCUT2D eigenvalue weighted by molar-refractivity contribution is 5.73. The molecule has 7 nitrogen and oxygen atoms in total. The molecule has 1 aliphatic rings. The molecule has 3 aromatic carbocycles. The predicted molar refractivity (Wildman–Crippen MR) is 139 cm³/mol. The molecule has 1 amide bonds. The van der Waals surface area contributed by atoms with Crippen LogP contribution >= 0.6 is 0 Å². The van der Waals surface area contributed by atoms with Gasteiger partial charge in [0.05, 0.1) is 39.1 Å². The molecule has 196 valence electrons. The van der Waals surface area contributed by atoms with Gasteiger partial charge in [-0.1, -0.05) is 91.0 Å². The lowest BCUT2D eigenvalue weighted by molar-refractivity contribution is -0.237. The highest BCUT2D eigenvalue weighted by Gasteiger charge is 2.47. The summed E-state index contributed by atoms with van der Waals surface area (Å²) in [5.74, 6) is -0.235. The summed E-state index contributed by atoms with van der Waals surface area (Å²) in [6, 6.07) is 29.0. The molecule has 2 N–H and O–H groups in total. The van der Waals surface area contributed by atoms with E-state index in [2.05, 4.69) is 5.32 Å². The summed E-state index contributed by atoms with van der Waals surface area (Å²) in [5.41, 5.74) is 3.05. The molecule has 0 aromatic heterocycles. The Bertz CT molecular complexity index is 1070. The van der Waals surface area contributed by atoms with Gasteiger partial charge in [-0.25, -0.2) is 0 Å². The predicted octanol–water partition coefficient (Wildman–Crippen LogP) is 3.64. The zero-order valence-electron chi connectivity index (χ0n) is 21.1. The van der Waals surface area contributed by atoms with Crippen molar-refractivity contribution in [3.05, 3.63) is 108 Å². The summed E-state index contributed by atoms with van der Waals surface area (Å²) in [6.07, 6.45) is -2.33. The Balaban J connectivity index is 1.56. The third-order valence-corrected chi connectivity index (χ3v) is 6.31. The summed E-state index contributed by atoms with van der Waals surface area (Å²) >= 11 is 0. The van der Waals surface area contributed by atoms with Gasteiger partial charge < -0.3 is 29.4 Å². The van der Waals surface area contributed by atoms with E-state index in [0.29, 0.717) is 19.8 Å². The van der Waals surface area contributed by atoms with E-state index in [1.165, 1.54) is 6.92 Å². The number of nitrogens with one attached hydrogen (secondary N) is 1. The summed E-state index contributed by atoms with van der Waals surface area (Å²) in [7, 11) is 0. The molecule has 5 atom stereocenters. The number of amides is 1. The van der Waals surface area contributed by atoms with Crippen molar-refractivity contribution < 1.29 is 28.8 Å². The highest BCUT2D eigenvalue weighted by atomic mass is 16.6. The molecule has 3 aromatic rings. The number of rotatable bonds is 12. The first-order valence-electron chi connectivity index (χ1n) is 12.6. The minimum atomic E-state index is -0.674. The van der Waals surface area contributed by atoms with Gasteiger partial charge in [0.15, 0.2) is 0 Å². The van der Waals surface area contributed by atoms with Gasteiger partial charge in [0.2, 0.25) is 5.91 Å². The Morgan fingerprint density at radius 1 is 0.757 bits per heavy atom. The normalized spacial score (nSPS) is 23.5. The molecule has 0 radical (unpaired) electrons. The molecule has 0 saturated carbocycles. The Morgan fingerprint density at radius 2 is 1.24 bits per heavy atom. The van der Waals surface area contributed by atoms with Gasteiger partial charge in [-0.15, -0.1) is 0 Å². The van der Waals surface area contributed by atoms with E-state index >= 15 is 0 Å². The number of ether oxygens (including phenoxy) is 4. The summed E-state index contributed by atoms with van der Waals surface area (Å²) in [6.45, 7) is 2.48. The van der Waals surface area contributed by atoms with E-state index in [4.69, 9.17) is 18.9 Å². The molecule has 1 fully saturated rings. The van der Waals surface area contributed by atoms with Gasteiger partial charge in [0, 0.05) is 6.92 Å². The second-order valence-electron chi connectivity index (χ2n) is 9.15. The summed E-state index contributed by atoms with van der Waals surface area (Å²) in [4.78, 5) is 12.1. The number of benzene rings is 3. The van der Waals surface area contributed by atoms with Gasteiger partial charge >= 0.3 is 0 Å². The lowest BCUT2D eigenvalue weighted by Crippen LogP contribution is -2.66.